The van der Waals surface area contributed by atoms with Crippen molar-refractivity contribution in [3.8, 4) is 0 Å². The molecule has 0 amide bonds. The average Bonchev–Trinajstić information content (AvgIpc) is 2.34. The molecule has 11 heavy (non-hydrogen) atoms. The van der Waals surface area contributed by atoms with Crippen LogP contribution >= 0.6 is 11.3 Å². The fraction of sp³-hybridized carbons (Fsp3) is 0.571. The number of hydrogen-bond donors (Lipinski definition) is 2. The van der Waals surface area contributed by atoms with Gasteiger partial charge in [-0.2, -0.15) is 0 Å². The summed E-state index contributed by atoms with van der Waals surface area (Å²) in [7, 11) is 0. The van der Waals surface area contributed by atoms with E-state index in [1.54, 1.807) is 17.5 Å². The van der Waals surface area contributed by atoms with E-state index >= 15 is 0 Å². The van der Waals surface area contributed by atoms with E-state index in [1.165, 1.54) is 0 Å². The van der Waals surface area contributed by atoms with E-state index in [2.05, 4.69) is 4.98 Å². The molecule has 2 rings (SSSR count). The summed E-state index contributed by atoms with van der Waals surface area (Å²) < 4.78 is 0. The third-order valence-corrected chi connectivity index (χ3v) is 3.05. The molecule has 4 heteroatoms. The van der Waals surface area contributed by atoms with Crippen LogP contribution in [0.3, 0.4) is 0 Å². The fourth-order valence-electron chi connectivity index (χ4n) is 1.43. The van der Waals surface area contributed by atoms with E-state index in [9.17, 15) is 0 Å². The van der Waals surface area contributed by atoms with Crippen molar-refractivity contribution in [3.05, 3.63) is 16.6 Å². The third kappa shape index (κ3) is 1.07. The van der Waals surface area contributed by atoms with Crippen LogP contribution in [0.1, 0.15) is 17.8 Å². The standard InChI is InChI=1S/C7H10N2OS/c8-7(3-5(10)4-7)6-9-1-2-11-6/h1-2,5,10H,3-4,8H2. The molecule has 0 atom stereocenters. The molecule has 0 unspecified atom stereocenters. The molecule has 3 N–H and O–H groups in total. The summed E-state index contributed by atoms with van der Waals surface area (Å²) in [6, 6.07) is 0. The second kappa shape index (κ2) is 2.27. The lowest BCUT2D eigenvalue weighted by molar-refractivity contribution is 0.0208. The Labute approximate surface area is 68.9 Å². The Kier molecular flexibility index (Phi) is 1.49. The highest BCUT2D eigenvalue weighted by atomic mass is 32.1. The summed E-state index contributed by atoms with van der Waals surface area (Å²) in [4.78, 5) is 4.13. The molecule has 1 aromatic heterocycles. The second-order valence-corrected chi connectivity index (χ2v) is 3.95. The van der Waals surface area contributed by atoms with Crippen LogP contribution < -0.4 is 5.73 Å². The van der Waals surface area contributed by atoms with Crippen LogP contribution in [-0.2, 0) is 5.54 Å². The van der Waals surface area contributed by atoms with E-state index in [1.807, 2.05) is 5.38 Å². The first kappa shape index (κ1) is 7.21. The predicted molar refractivity (Wildman–Crippen MR) is 43.2 cm³/mol. The van der Waals surface area contributed by atoms with Gasteiger partial charge in [-0.1, -0.05) is 0 Å². The molecule has 1 fully saturated rings. The lowest BCUT2D eigenvalue weighted by Crippen LogP contribution is -2.51. The molecular weight excluding hydrogens is 160 g/mol. The maximum absolute atomic E-state index is 9.08. The van der Waals surface area contributed by atoms with Gasteiger partial charge >= 0.3 is 0 Å². The summed E-state index contributed by atoms with van der Waals surface area (Å²) in [5, 5.41) is 11.9. The van der Waals surface area contributed by atoms with Gasteiger partial charge < -0.3 is 10.8 Å². The first-order valence-electron chi connectivity index (χ1n) is 3.58. The van der Waals surface area contributed by atoms with E-state index in [0.717, 1.165) is 5.01 Å². The Morgan fingerprint density at radius 2 is 2.45 bits per heavy atom. The van der Waals surface area contributed by atoms with E-state index in [-0.39, 0.29) is 11.6 Å². The van der Waals surface area contributed by atoms with Crippen molar-refractivity contribution in [3.63, 3.8) is 0 Å². The van der Waals surface area contributed by atoms with Crippen LogP contribution in [0.5, 0.6) is 0 Å². The van der Waals surface area contributed by atoms with E-state index in [4.69, 9.17) is 10.8 Å². The van der Waals surface area contributed by atoms with Crippen LogP contribution in [-0.4, -0.2) is 16.2 Å². The van der Waals surface area contributed by atoms with Gasteiger partial charge in [0, 0.05) is 11.6 Å². The molecule has 1 aliphatic rings. The summed E-state index contributed by atoms with van der Waals surface area (Å²) in [5.74, 6) is 0. The third-order valence-electron chi connectivity index (χ3n) is 2.06. The van der Waals surface area contributed by atoms with Gasteiger partial charge in [0.15, 0.2) is 0 Å². The molecule has 1 aromatic rings. The van der Waals surface area contributed by atoms with Gasteiger partial charge in [-0.05, 0) is 12.8 Å². The molecule has 60 valence electrons. The number of nitrogens with zero attached hydrogens (tertiary/aromatic N) is 1. The molecule has 0 aromatic carbocycles. The molecule has 0 saturated heterocycles. The lowest BCUT2D eigenvalue weighted by atomic mass is 9.76. The first-order chi connectivity index (χ1) is 5.21. The molecule has 1 heterocycles. The highest BCUT2D eigenvalue weighted by Crippen LogP contribution is 2.39. The largest absolute Gasteiger partial charge is 0.393 e. The van der Waals surface area contributed by atoms with Crippen molar-refractivity contribution in [2.75, 3.05) is 0 Å². The monoisotopic (exact) mass is 170 g/mol. The molecule has 0 radical (unpaired) electrons. The Morgan fingerprint density at radius 3 is 2.91 bits per heavy atom. The molecular formula is C7H10N2OS. The molecule has 0 spiro atoms. The molecule has 0 aliphatic heterocycles. The van der Waals surface area contributed by atoms with Gasteiger partial charge in [-0.15, -0.1) is 11.3 Å². The maximum atomic E-state index is 9.08. The zero-order valence-corrected chi connectivity index (χ0v) is 6.84. The number of aromatic nitrogens is 1. The Hall–Kier alpha value is -0.450. The quantitative estimate of drug-likeness (QED) is 0.643. The van der Waals surface area contributed by atoms with Crippen molar-refractivity contribution >= 4 is 11.3 Å². The SMILES string of the molecule is NC1(c2nccs2)CC(O)C1. The minimum Gasteiger partial charge on any atom is -0.393 e. The lowest BCUT2D eigenvalue weighted by Gasteiger charge is -2.40. The zero-order valence-electron chi connectivity index (χ0n) is 6.03. The normalized spacial score (nSPS) is 36.7. The summed E-state index contributed by atoms with van der Waals surface area (Å²) in [6.07, 6.45) is 2.84. The van der Waals surface area contributed by atoms with Crippen LogP contribution in [0.25, 0.3) is 0 Å². The smallest absolute Gasteiger partial charge is 0.113 e. The predicted octanol–water partition coefficient (Wildman–Crippen LogP) is 0.452. The van der Waals surface area contributed by atoms with Crippen LogP contribution in [0.15, 0.2) is 11.6 Å². The van der Waals surface area contributed by atoms with Gasteiger partial charge in [0.25, 0.3) is 0 Å². The van der Waals surface area contributed by atoms with Gasteiger partial charge in [0.05, 0.1) is 11.6 Å². The maximum Gasteiger partial charge on any atom is 0.113 e. The Morgan fingerprint density at radius 1 is 1.73 bits per heavy atom. The van der Waals surface area contributed by atoms with Crippen molar-refractivity contribution < 1.29 is 5.11 Å². The van der Waals surface area contributed by atoms with Gasteiger partial charge in [0.1, 0.15) is 5.01 Å². The van der Waals surface area contributed by atoms with Crippen molar-refractivity contribution in [2.24, 2.45) is 5.73 Å². The second-order valence-electron chi connectivity index (χ2n) is 3.06. The number of aliphatic hydroxyl groups is 1. The van der Waals surface area contributed by atoms with Crippen LogP contribution in [0.4, 0.5) is 0 Å². The summed E-state index contributed by atoms with van der Waals surface area (Å²) in [6.45, 7) is 0. The number of hydrogen-bond acceptors (Lipinski definition) is 4. The highest BCUT2D eigenvalue weighted by molar-refractivity contribution is 7.09. The molecule has 1 saturated carbocycles. The minimum absolute atomic E-state index is 0.219. The van der Waals surface area contributed by atoms with Crippen molar-refractivity contribution in [2.45, 2.75) is 24.5 Å². The fourth-order valence-corrected chi connectivity index (χ4v) is 2.20. The number of thiazole rings is 1. The molecule has 1 aliphatic carbocycles. The van der Waals surface area contributed by atoms with Crippen molar-refractivity contribution in [1.29, 1.82) is 0 Å². The van der Waals surface area contributed by atoms with Crippen LogP contribution in [0.2, 0.25) is 0 Å². The average molecular weight is 170 g/mol. The highest BCUT2D eigenvalue weighted by Gasteiger charge is 2.43. The molecule has 0 bridgehead atoms. The Bertz CT molecular complexity index is 241. The number of nitrogens with two attached hydrogens (primary N) is 1. The van der Waals surface area contributed by atoms with Gasteiger partial charge in [-0.3, -0.25) is 0 Å². The van der Waals surface area contributed by atoms with Gasteiger partial charge in [-0.25, -0.2) is 4.98 Å². The van der Waals surface area contributed by atoms with Gasteiger partial charge in [0.2, 0.25) is 0 Å². The number of rotatable bonds is 1. The van der Waals surface area contributed by atoms with Crippen LogP contribution in [0, 0.1) is 0 Å². The van der Waals surface area contributed by atoms with Crippen molar-refractivity contribution in [1.82, 2.24) is 4.98 Å². The topological polar surface area (TPSA) is 59.1 Å². The summed E-state index contributed by atoms with van der Waals surface area (Å²) >= 11 is 1.56. The minimum atomic E-state index is -0.326. The zero-order chi connectivity index (χ0) is 7.90. The summed E-state index contributed by atoms with van der Waals surface area (Å²) in [5.41, 5.74) is 5.62. The van der Waals surface area contributed by atoms with E-state index < -0.39 is 0 Å². The number of aliphatic hydroxyl groups excluding tert-OH is 1. The Balaban J connectivity index is 2.18. The molecule has 3 nitrogen and oxygen atoms in total. The van der Waals surface area contributed by atoms with E-state index in [0.29, 0.717) is 12.8 Å². The first-order valence-corrected chi connectivity index (χ1v) is 4.46.